The molecule has 0 saturated heterocycles. The van der Waals surface area contributed by atoms with Gasteiger partial charge in [0, 0.05) is 18.9 Å². The summed E-state index contributed by atoms with van der Waals surface area (Å²) < 4.78 is 23.9. The summed E-state index contributed by atoms with van der Waals surface area (Å²) >= 11 is 0. The molecule has 0 bridgehead atoms. The molecule has 1 heterocycles. The average Bonchev–Trinajstić information content (AvgIpc) is 2.61. The molecule has 0 aliphatic carbocycles. The number of aliphatic hydroxyl groups excluding tert-OH is 1. The van der Waals surface area contributed by atoms with Crippen LogP contribution in [0.5, 0.6) is 0 Å². The molecule has 0 saturated carbocycles. The molecule has 8 heteroatoms. The van der Waals surface area contributed by atoms with Crippen molar-refractivity contribution in [1.29, 1.82) is 0 Å². The van der Waals surface area contributed by atoms with Crippen LogP contribution in [-0.2, 0) is 13.6 Å². The smallest absolute Gasteiger partial charge is 0.338 e. The minimum Gasteiger partial charge on any atom is -0.388 e. The molecule has 0 radical (unpaired) electrons. The van der Waals surface area contributed by atoms with E-state index in [1.54, 1.807) is 52.1 Å². The van der Waals surface area contributed by atoms with E-state index in [1.807, 2.05) is 0 Å². The first kappa shape index (κ1) is 21.5. The molecule has 2 unspecified atom stereocenters. The van der Waals surface area contributed by atoms with Gasteiger partial charge in [-0.05, 0) is 45.4 Å². The number of rotatable bonds is 10. The number of allylic oxidation sites excluding steroid dienone is 1. The van der Waals surface area contributed by atoms with Crippen LogP contribution in [0.25, 0.3) is 0 Å². The molecule has 2 N–H and O–H groups in total. The largest absolute Gasteiger partial charge is 0.388 e. The lowest BCUT2D eigenvalue weighted by Crippen LogP contribution is -2.40. The zero-order valence-corrected chi connectivity index (χ0v) is 16.0. The predicted octanol–water partition coefficient (Wildman–Crippen LogP) is 2.77. The van der Waals surface area contributed by atoms with Gasteiger partial charge in [0.25, 0.3) is 5.91 Å². The second-order valence-electron chi connectivity index (χ2n) is 5.37. The second kappa shape index (κ2) is 10.5. The lowest BCUT2D eigenvalue weighted by Gasteiger charge is -2.30. The van der Waals surface area contributed by atoms with Gasteiger partial charge >= 0.3 is 7.60 Å². The Labute approximate surface area is 149 Å². The normalized spacial score (nSPS) is 14.8. The van der Waals surface area contributed by atoms with Gasteiger partial charge in [-0.1, -0.05) is 6.08 Å². The van der Waals surface area contributed by atoms with Gasteiger partial charge in [-0.15, -0.1) is 0 Å². The Bertz CT molecular complexity index is 611. The van der Waals surface area contributed by atoms with Crippen molar-refractivity contribution in [3.63, 3.8) is 0 Å². The minimum atomic E-state index is -3.62. The highest BCUT2D eigenvalue weighted by molar-refractivity contribution is 7.54. The maximum Gasteiger partial charge on any atom is 0.338 e. The quantitative estimate of drug-likeness (QED) is 0.485. The Morgan fingerprint density at radius 1 is 1.40 bits per heavy atom. The van der Waals surface area contributed by atoms with Crippen LogP contribution < -0.4 is 5.32 Å². The molecule has 1 rings (SSSR count). The molecule has 1 amide bonds. The molecule has 0 aliphatic heterocycles. The Hall–Kier alpha value is -1.53. The molecular formula is C17H27N2O5P. The fraction of sp³-hybridized carbons (Fsp3) is 0.529. The molecule has 0 aliphatic rings. The summed E-state index contributed by atoms with van der Waals surface area (Å²) in [5, 5.41) is 13.3. The van der Waals surface area contributed by atoms with Crippen molar-refractivity contribution in [2.45, 2.75) is 39.5 Å². The Morgan fingerprint density at radius 3 is 2.52 bits per heavy atom. The van der Waals surface area contributed by atoms with Crippen LogP contribution in [0.15, 0.2) is 36.2 Å². The van der Waals surface area contributed by atoms with Gasteiger partial charge in [-0.2, -0.15) is 0 Å². The van der Waals surface area contributed by atoms with E-state index in [0.29, 0.717) is 11.1 Å². The van der Waals surface area contributed by atoms with Crippen LogP contribution in [0.3, 0.4) is 0 Å². The Morgan fingerprint density at radius 2 is 2.04 bits per heavy atom. The Balaban J connectivity index is 3.02. The summed E-state index contributed by atoms with van der Waals surface area (Å²) in [4.78, 5) is 16.1. The van der Waals surface area contributed by atoms with E-state index < -0.39 is 19.4 Å². The SMILES string of the molecule is C/C=C(\C)C(O)C(CNC(=O)c1cccnc1)P(=O)(OCC)OCC. The maximum absolute atomic E-state index is 13.1. The summed E-state index contributed by atoms with van der Waals surface area (Å²) in [6.07, 6.45) is 3.66. The molecule has 0 aromatic carbocycles. The highest BCUT2D eigenvalue weighted by Crippen LogP contribution is 2.54. The van der Waals surface area contributed by atoms with E-state index in [4.69, 9.17) is 9.05 Å². The van der Waals surface area contributed by atoms with Gasteiger partial charge in [0.2, 0.25) is 0 Å². The second-order valence-corrected chi connectivity index (χ2v) is 7.63. The van der Waals surface area contributed by atoms with Gasteiger partial charge in [0.15, 0.2) is 0 Å². The number of nitrogens with one attached hydrogen (secondary N) is 1. The number of pyridine rings is 1. The summed E-state index contributed by atoms with van der Waals surface area (Å²) in [7, 11) is -3.62. The fourth-order valence-corrected chi connectivity index (χ4v) is 4.33. The van der Waals surface area contributed by atoms with Crippen molar-refractivity contribution < 1.29 is 23.5 Å². The van der Waals surface area contributed by atoms with E-state index in [9.17, 15) is 14.5 Å². The highest BCUT2D eigenvalue weighted by Gasteiger charge is 2.41. The molecule has 0 spiro atoms. The van der Waals surface area contributed by atoms with Crippen LogP contribution in [0, 0.1) is 0 Å². The lowest BCUT2D eigenvalue weighted by molar-refractivity contribution is 0.0943. The van der Waals surface area contributed by atoms with Crippen LogP contribution in [0.1, 0.15) is 38.1 Å². The van der Waals surface area contributed by atoms with Crippen LogP contribution >= 0.6 is 7.60 Å². The lowest BCUT2D eigenvalue weighted by atomic mass is 10.1. The van der Waals surface area contributed by atoms with E-state index in [-0.39, 0.29) is 25.7 Å². The number of carbonyl (C=O) groups excluding carboxylic acids is 1. The standard InChI is InChI=1S/C17H27N2O5P/c1-5-13(4)16(20)15(25(22,23-6-2)24-7-3)12-19-17(21)14-9-8-10-18-11-14/h5,8-11,15-16,20H,6-7,12H2,1-4H3,(H,19,21)/b13-5+. The average molecular weight is 370 g/mol. The van der Waals surface area contributed by atoms with E-state index in [0.717, 1.165) is 0 Å². The van der Waals surface area contributed by atoms with Gasteiger partial charge in [-0.3, -0.25) is 14.3 Å². The molecule has 140 valence electrons. The molecule has 7 nitrogen and oxygen atoms in total. The Kier molecular flexibility index (Phi) is 9.00. The third-order valence-electron chi connectivity index (χ3n) is 3.71. The summed E-state index contributed by atoms with van der Waals surface area (Å²) in [5.41, 5.74) is 0.0885. The number of carbonyl (C=O) groups is 1. The van der Waals surface area contributed by atoms with Crippen molar-refractivity contribution in [3.8, 4) is 0 Å². The minimum absolute atomic E-state index is 0.0582. The molecule has 0 fully saturated rings. The summed E-state index contributed by atoms with van der Waals surface area (Å²) in [6.45, 7) is 7.19. The highest BCUT2D eigenvalue weighted by atomic mass is 31.2. The zero-order valence-electron chi connectivity index (χ0n) is 15.1. The van der Waals surface area contributed by atoms with Crippen molar-refractivity contribution >= 4 is 13.5 Å². The van der Waals surface area contributed by atoms with Crippen molar-refractivity contribution in [2.24, 2.45) is 0 Å². The van der Waals surface area contributed by atoms with Gasteiger partial charge < -0.3 is 19.5 Å². The predicted molar refractivity (Wildman–Crippen MR) is 96.7 cm³/mol. The van der Waals surface area contributed by atoms with Crippen molar-refractivity contribution in [1.82, 2.24) is 10.3 Å². The van der Waals surface area contributed by atoms with Gasteiger partial charge in [-0.25, -0.2) is 0 Å². The van der Waals surface area contributed by atoms with Crippen LogP contribution in [0.4, 0.5) is 0 Å². The number of hydrogen-bond acceptors (Lipinski definition) is 6. The molecule has 1 aromatic rings. The molecular weight excluding hydrogens is 343 g/mol. The first-order valence-corrected chi connectivity index (χ1v) is 9.88. The third-order valence-corrected chi connectivity index (χ3v) is 6.22. The molecule has 25 heavy (non-hydrogen) atoms. The van der Waals surface area contributed by atoms with E-state index in [2.05, 4.69) is 10.3 Å². The van der Waals surface area contributed by atoms with Gasteiger partial charge in [0.1, 0.15) is 5.66 Å². The maximum atomic E-state index is 13.1. The van der Waals surface area contributed by atoms with Gasteiger partial charge in [0.05, 0.1) is 24.9 Å². The fourth-order valence-electron chi connectivity index (χ4n) is 2.26. The first-order chi connectivity index (χ1) is 11.9. The number of nitrogens with zero attached hydrogens (tertiary/aromatic N) is 1. The number of aromatic nitrogens is 1. The van der Waals surface area contributed by atoms with Crippen molar-refractivity contribution in [3.05, 3.63) is 41.7 Å². The molecule has 2 atom stereocenters. The van der Waals surface area contributed by atoms with Crippen LogP contribution in [-0.4, -0.2) is 47.5 Å². The number of aliphatic hydroxyl groups is 1. The van der Waals surface area contributed by atoms with E-state index >= 15 is 0 Å². The summed E-state index contributed by atoms with van der Waals surface area (Å²) in [6, 6.07) is 3.27. The summed E-state index contributed by atoms with van der Waals surface area (Å²) in [5.74, 6) is -0.372. The third kappa shape index (κ3) is 6.04. The topological polar surface area (TPSA) is 97.8 Å². The monoisotopic (exact) mass is 370 g/mol. The number of amides is 1. The molecule has 1 aromatic heterocycles. The van der Waals surface area contributed by atoms with Crippen LogP contribution in [0.2, 0.25) is 0 Å². The van der Waals surface area contributed by atoms with E-state index in [1.165, 1.54) is 6.20 Å². The van der Waals surface area contributed by atoms with Crippen molar-refractivity contribution in [2.75, 3.05) is 19.8 Å². The first-order valence-electron chi connectivity index (χ1n) is 8.27. The zero-order chi connectivity index (χ0) is 18.9. The number of hydrogen-bond donors (Lipinski definition) is 2.